The molecule has 1 aromatic heterocycles. The van der Waals surface area contributed by atoms with Crippen molar-refractivity contribution < 1.29 is 12.8 Å². The van der Waals surface area contributed by atoms with Gasteiger partial charge in [-0.25, -0.2) is 17.8 Å². The van der Waals surface area contributed by atoms with E-state index < -0.39 is 9.84 Å². The predicted octanol–water partition coefficient (Wildman–Crippen LogP) is 3.63. The molecule has 1 aliphatic rings. The number of hydrogen-bond donors (Lipinski definition) is 2. The Morgan fingerprint density at radius 1 is 1.00 bits per heavy atom. The van der Waals surface area contributed by atoms with Crippen LogP contribution in [0.2, 0.25) is 0 Å². The van der Waals surface area contributed by atoms with Crippen molar-refractivity contribution in [3.63, 3.8) is 0 Å². The van der Waals surface area contributed by atoms with E-state index in [1.807, 2.05) is 30.3 Å². The van der Waals surface area contributed by atoms with E-state index in [0.717, 1.165) is 5.56 Å². The van der Waals surface area contributed by atoms with Crippen LogP contribution in [0.3, 0.4) is 0 Å². The SMILES string of the molecule is O=S1(=O)CCC(Nc2cc(-c3ccccc3)nc(Nc3cccc(F)c3)n2)C1. The van der Waals surface area contributed by atoms with Crippen molar-refractivity contribution in [1.29, 1.82) is 0 Å². The third-order valence-corrected chi connectivity index (χ3v) is 6.23. The fourth-order valence-corrected chi connectivity index (χ4v) is 4.82. The van der Waals surface area contributed by atoms with Crippen LogP contribution in [-0.4, -0.2) is 35.9 Å². The third kappa shape index (κ3) is 4.45. The largest absolute Gasteiger partial charge is 0.366 e. The van der Waals surface area contributed by atoms with Crippen LogP contribution in [0.4, 0.5) is 21.8 Å². The van der Waals surface area contributed by atoms with Crippen molar-refractivity contribution in [2.45, 2.75) is 12.5 Å². The molecule has 8 heteroatoms. The Kier molecular flexibility index (Phi) is 4.95. The van der Waals surface area contributed by atoms with E-state index in [0.29, 0.717) is 29.6 Å². The van der Waals surface area contributed by atoms with Gasteiger partial charge in [-0.3, -0.25) is 0 Å². The van der Waals surface area contributed by atoms with Crippen LogP contribution >= 0.6 is 0 Å². The minimum atomic E-state index is -3.00. The van der Waals surface area contributed by atoms with Crippen LogP contribution in [0.1, 0.15) is 6.42 Å². The number of nitrogens with zero attached hydrogens (tertiary/aromatic N) is 2. The van der Waals surface area contributed by atoms with E-state index in [-0.39, 0.29) is 23.4 Å². The standard InChI is InChI=1S/C20H19FN4O2S/c21-15-7-4-8-16(11-15)23-20-24-18(14-5-2-1-3-6-14)12-19(25-20)22-17-9-10-28(26,27)13-17/h1-8,11-12,17H,9-10,13H2,(H2,22,23,24,25). The van der Waals surface area contributed by atoms with Gasteiger partial charge in [0.15, 0.2) is 9.84 Å². The number of aromatic nitrogens is 2. The van der Waals surface area contributed by atoms with Crippen molar-refractivity contribution in [2.24, 2.45) is 0 Å². The van der Waals surface area contributed by atoms with Crippen LogP contribution < -0.4 is 10.6 Å². The fraction of sp³-hybridized carbons (Fsp3) is 0.200. The molecule has 0 spiro atoms. The summed E-state index contributed by atoms with van der Waals surface area (Å²) < 4.78 is 37.0. The molecule has 1 fully saturated rings. The molecule has 2 aromatic carbocycles. The summed E-state index contributed by atoms with van der Waals surface area (Å²) in [5.41, 5.74) is 2.10. The highest BCUT2D eigenvalue weighted by Gasteiger charge is 2.28. The van der Waals surface area contributed by atoms with Gasteiger partial charge in [-0.05, 0) is 24.6 Å². The molecule has 3 aromatic rings. The fourth-order valence-electron chi connectivity index (χ4n) is 3.15. The van der Waals surface area contributed by atoms with Gasteiger partial charge in [0.1, 0.15) is 11.6 Å². The molecular formula is C20H19FN4O2S. The Balaban J connectivity index is 1.67. The van der Waals surface area contributed by atoms with Crippen molar-refractivity contribution in [1.82, 2.24) is 9.97 Å². The molecule has 144 valence electrons. The highest BCUT2D eigenvalue weighted by atomic mass is 32.2. The molecule has 2 heterocycles. The van der Waals surface area contributed by atoms with E-state index in [1.165, 1.54) is 12.1 Å². The lowest BCUT2D eigenvalue weighted by Crippen LogP contribution is -2.21. The van der Waals surface area contributed by atoms with Gasteiger partial charge in [-0.2, -0.15) is 4.98 Å². The monoisotopic (exact) mass is 398 g/mol. The number of nitrogens with one attached hydrogen (secondary N) is 2. The lowest BCUT2D eigenvalue weighted by molar-refractivity contribution is 0.602. The first-order chi connectivity index (χ1) is 13.5. The molecule has 0 radical (unpaired) electrons. The van der Waals surface area contributed by atoms with Crippen LogP contribution in [0, 0.1) is 5.82 Å². The van der Waals surface area contributed by atoms with Crippen molar-refractivity contribution in [2.75, 3.05) is 22.1 Å². The molecule has 2 N–H and O–H groups in total. The zero-order valence-corrected chi connectivity index (χ0v) is 15.8. The normalized spacial score (nSPS) is 18.0. The maximum atomic E-state index is 13.5. The first kappa shape index (κ1) is 18.4. The maximum absolute atomic E-state index is 13.5. The minimum absolute atomic E-state index is 0.0876. The van der Waals surface area contributed by atoms with Crippen LogP contribution in [-0.2, 0) is 9.84 Å². The Labute approximate surface area is 162 Å². The molecule has 0 bridgehead atoms. The molecule has 4 rings (SSSR count). The smallest absolute Gasteiger partial charge is 0.229 e. The molecule has 0 saturated carbocycles. The summed E-state index contributed by atoms with van der Waals surface area (Å²) in [7, 11) is -3.00. The van der Waals surface area contributed by atoms with Gasteiger partial charge in [0.25, 0.3) is 0 Å². The lowest BCUT2D eigenvalue weighted by atomic mass is 10.1. The van der Waals surface area contributed by atoms with Crippen molar-refractivity contribution in [3.05, 3.63) is 66.5 Å². The summed E-state index contributed by atoms with van der Waals surface area (Å²) in [6, 6.07) is 17.2. The third-order valence-electron chi connectivity index (χ3n) is 4.46. The van der Waals surface area contributed by atoms with Gasteiger partial charge < -0.3 is 10.6 Å². The number of hydrogen-bond acceptors (Lipinski definition) is 6. The van der Waals surface area contributed by atoms with Crippen LogP contribution in [0.15, 0.2) is 60.7 Å². The summed E-state index contributed by atoms with van der Waals surface area (Å²) in [5.74, 6) is 0.726. The first-order valence-corrected chi connectivity index (χ1v) is 10.7. The molecule has 1 unspecified atom stereocenters. The lowest BCUT2D eigenvalue weighted by Gasteiger charge is -2.14. The summed E-state index contributed by atoms with van der Waals surface area (Å²) in [6.07, 6.45) is 0.541. The number of benzene rings is 2. The van der Waals surface area contributed by atoms with Crippen molar-refractivity contribution in [3.8, 4) is 11.3 Å². The summed E-state index contributed by atoms with van der Waals surface area (Å²) in [5, 5.41) is 6.22. The quantitative estimate of drug-likeness (QED) is 0.683. The molecule has 28 heavy (non-hydrogen) atoms. The van der Waals surface area contributed by atoms with Crippen molar-refractivity contribution >= 4 is 27.3 Å². The van der Waals surface area contributed by atoms with Gasteiger partial charge >= 0.3 is 0 Å². The number of halogens is 1. The molecule has 0 aliphatic carbocycles. The van der Waals surface area contributed by atoms with E-state index in [4.69, 9.17) is 0 Å². The minimum Gasteiger partial charge on any atom is -0.366 e. The Bertz CT molecular complexity index is 1090. The molecule has 1 atom stereocenters. The van der Waals surface area contributed by atoms with Crippen LogP contribution in [0.25, 0.3) is 11.3 Å². The average molecular weight is 398 g/mol. The molecule has 6 nitrogen and oxygen atoms in total. The second-order valence-electron chi connectivity index (χ2n) is 6.71. The summed E-state index contributed by atoms with van der Waals surface area (Å²) in [6.45, 7) is 0. The Morgan fingerprint density at radius 2 is 1.82 bits per heavy atom. The summed E-state index contributed by atoms with van der Waals surface area (Å²) >= 11 is 0. The predicted molar refractivity (Wildman–Crippen MR) is 108 cm³/mol. The zero-order valence-electron chi connectivity index (χ0n) is 15.0. The Morgan fingerprint density at radius 3 is 2.54 bits per heavy atom. The van der Waals surface area contributed by atoms with E-state index >= 15 is 0 Å². The van der Waals surface area contributed by atoms with Crippen LogP contribution in [0.5, 0.6) is 0 Å². The highest BCUT2D eigenvalue weighted by Crippen LogP contribution is 2.25. The summed E-state index contributed by atoms with van der Waals surface area (Å²) in [4.78, 5) is 8.97. The Hall–Kier alpha value is -3.00. The zero-order chi connectivity index (χ0) is 19.6. The molecule has 1 saturated heterocycles. The van der Waals surface area contributed by atoms with E-state index in [1.54, 1.807) is 18.2 Å². The number of anilines is 3. The maximum Gasteiger partial charge on any atom is 0.229 e. The van der Waals surface area contributed by atoms with E-state index in [9.17, 15) is 12.8 Å². The average Bonchev–Trinajstić information content (AvgIpc) is 3.00. The highest BCUT2D eigenvalue weighted by molar-refractivity contribution is 7.91. The first-order valence-electron chi connectivity index (χ1n) is 8.91. The molecule has 1 aliphatic heterocycles. The van der Waals surface area contributed by atoms with Gasteiger partial charge in [0.2, 0.25) is 5.95 Å². The van der Waals surface area contributed by atoms with Gasteiger partial charge in [0, 0.05) is 23.4 Å². The van der Waals surface area contributed by atoms with Gasteiger partial charge in [-0.1, -0.05) is 36.4 Å². The molecular weight excluding hydrogens is 379 g/mol. The second kappa shape index (κ2) is 7.55. The van der Waals surface area contributed by atoms with E-state index in [2.05, 4.69) is 20.6 Å². The van der Waals surface area contributed by atoms with Gasteiger partial charge in [0.05, 0.1) is 17.2 Å². The number of rotatable bonds is 5. The molecule has 0 amide bonds. The topological polar surface area (TPSA) is 84.0 Å². The van der Waals surface area contributed by atoms with Gasteiger partial charge in [-0.15, -0.1) is 0 Å². The number of sulfone groups is 1. The second-order valence-corrected chi connectivity index (χ2v) is 8.94.